The van der Waals surface area contributed by atoms with E-state index in [1.165, 1.54) is 4.68 Å². The number of likely N-dealkylation sites (tertiary alicyclic amines) is 1. The quantitative estimate of drug-likeness (QED) is 0.768. The Hall–Kier alpha value is -3.22. The third kappa shape index (κ3) is 3.53. The van der Waals surface area contributed by atoms with Crippen molar-refractivity contribution in [1.29, 1.82) is 0 Å². The van der Waals surface area contributed by atoms with Crippen molar-refractivity contribution in [3.63, 3.8) is 0 Å². The van der Waals surface area contributed by atoms with Crippen LogP contribution >= 0.6 is 0 Å². The summed E-state index contributed by atoms with van der Waals surface area (Å²) >= 11 is 0. The fourth-order valence-corrected chi connectivity index (χ4v) is 3.68. The van der Waals surface area contributed by atoms with Crippen molar-refractivity contribution < 1.29 is 14.7 Å². The highest BCUT2D eigenvalue weighted by Gasteiger charge is 2.27. The van der Waals surface area contributed by atoms with Gasteiger partial charge in [-0.2, -0.15) is 5.10 Å². The van der Waals surface area contributed by atoms with Crippen molar-refractivity contribution in [1.82, 2.24) is 19.7 Å². The van der Waals surface area contributed by atoms with Crippen LogP contribution in [-0.2, 0) is 11.3 Å². The van der Waals surface area contributed by atoms with Crippen molar-refractivity contribution in [3.8, 4) is 0 Å². The summed E-state index contributed by atoms with van der Waals surface area (Å²) in [4.78, 5) is 30.2. The summed E-state index contributed by atoms with van der Waals surface area (Å²) in [6.07, 6.45) is 5.18. The van der Waals surface area contributed by atoms with Crippen molar-refractivity contribution in [2.24, 2.45) is 0 Å². The van der Waals surface area contributed by atoms with Crippen LogP contribution in [0, 0.1) is 0 Å². The van der Waals surface area contributed by atoms with E-state index in [0.29, 0.717) is 18.7 Å². The molecule has 1 aliphatic heterocycles. The number of amides is 1. The van der Waals surface area contributed by atoms with Crippen LogP contribution in [0.1, 0.15) is 34.8 Å². The topological polar surface area (TPSA) is 88.3 Å². The first-order valence-corrected chi connectivity index (χ1v) is 9.00. The summed E-state index contributed by atoms with van der Waals surface area (Å²) < 4.78 is 1.43. The molecule has 7 nitrogen and oxygen atoms in total. The van der Waals surface area contributed by atoms with Gasteiger partial charge in [0.2, 0.25) is 0 Å². The summed E-state index contributed by atoms with van der Waals surface area (Å²) in [5.74, 6) is -0.802. The molecule has 138 valence electrons. The highest BCUT2D eigenvalue weighted by molar-refractivity contribution is 6.06. The predicted molar refractivity (Wildman–Crippen MR) is 99.5 cm³/mol. The third-order valence-corrected chi connectivity index (χ3v) is 4.96. The van der Waals surface area contributed by atoms with Gasteiger partial charge < -0.3 is 10.0 Å². The molecule has 0 spiro atoms. The molecule has 1 fully saturated rings. The minimum Gasteiger partial charge on any atom is -0.480 e. The molecule has 1 atom stereocenters. The number of aromatic nitrogens is 3. The Morgan fingerprint density at radius 3 is 2.89 bits per heavy atom. The largest absolute Gasteiger partial charge is 0.480 e. The van der Waals surface area contributed by atoms with Gasteiger partial charge in [-0.05, 0) is 31.0 Å². The van der Waals surface area contributed by atoms with E-state index in [1.54, 1.807) is 18.5 Å². The fraction of sp³-hybridized carbons (Fsp3) is 0.300. The molecule has 1 saturated heterocycles. The number of carboxylic acids is 1. The number of hydrogen-bond donors (Lipinski definition) is 1. The molecule has 1 aliphatic rings. The van der Waals surface area contributed by atoms with Crippen LogP contribution in [0.4, 0.5) is 0 Å². The number of pyridine rings is 1. The summed E-state index contributed by atoms with van der Waals surface area (Å²) in [6, 6.07) is 11.3. The lowest BCUT2D eigenvalue weighted by atomic mass is 9.94. The number of rotatable bonds is 4. The zero-order valence-corrected chi connectivity index (χ0v) is 14.8. The number of fused-ring (bicyclic) bond motifs is 1. The lowest BCUT2D eigenvalue weighted by molar-refractivity contribution is -0.137. The highest BCUT2D eigenvalue weighted by Crippen LogP contribution is 2.27. The Morgan fingerprint density at radius 2 is 2.04 bits per heavy atom. The fourth-order valence-electron chi connectivity index (χ4n) is 3.68. The lowest BCUT2D eigenvalue weighted by Gasteiger charge is -2.32. The SMILES string of the molecule is O=C(O)Cn1ccc([C@@H]2CCCN(C(=O)c3ccnc4ccccc34)C2)n1. The normalized spacial score (nSPS) is 17.2. The Bertz CT molecular complexity index is 992. The number of carbonyl (C=O) groups is 2. The Balaban J connectivity index is 1.55. The number of carboxylic acid groups (broad SMARTS) is 1. The minimum atomic E-state index is -0.922. The highest BCUT2D eigenvalue weighted by atomic mass is 16.4. The number of piperidine rings is 1. The average Bonchev–Trinajstić information content (AvgIpc) is 3.15. The molecule has 0 unspecified atom stereocenters. The Labute approximate surface area is 156 Å². The zero-order valence-electron chi connectivity index (χ0n) is 14.8. The molecule has 27 heavy (non-hydrogen) atoms. The zero-order chi connectivity index (χ0) is 18.8. The van der Waals surface area contributed by atoms with E-state index < -0.39 is 5.97 Å². The van der Waals surface area contributed by atoms with Gasteiger partial charge in [0, 0.05) is 36.8 Å². The van der Waals surface area contributed by atoms with Crippen LogP contribution < -0.4 is 0 Å². The smallest absolute Gasteiger partial charge is 0.325 e. The van der Waals surface area contributed by atoms with E-state index in [0.717, 1.165) is 29.4 Å². The minimum absolute atomic E-state index is 0.00303. The molecule has 0 radical (unpaired) electrons. The number of carbonyl (C=O) groups excluding carboxylic acids is 1. The number of benzene rings is 1. The molecule has 0 bridgehead atoms. The summed E-state index contributed by atoms with van der Waals surface area (Å²) in [7, 11) is 0. The van der Waals surface area contributed by atoms with Crippen LogP contribution in [0.3, 0.4) is 0 Å². The third-order valence-electron chi connectivity index (χ3n) is 4.96. The summed E-state index contributed by atoms with van der Waals surface area (Å²) in [5.41, 5.74) is 2.32. The predicted octanol–water partition coefficient (Wildman–Crippen LogP) is 2.54. The first-order valence-electron chi connectivity index (χ1n) is 9.00. The second-order valence-electron chi connectivity index (χ2n) is 6.80. The second-order valence-corrected chi connectivity index (χ2v) is 6.80. The van der Waals surface area contributed by atoms with Crippen LogP contribution in [0.5, 0.6) is 0 Å². The van der Waals surface area contributed by atoms with Gasteiger partial charge in [0.05, 0.1) is 16.8 Å². The molecule has 7 heteroatoms. The van der Waals surface area contributed by atoms with Gasteiger partial charge >= 0.3 is 5.97 Å². The van der Waals surface area contributed by atoms with Gasteiger partial charge in [-0.15, -0.1) is 0 Å². The van der Waals surface area contributed by atoms with Gasteiger partial charge in [-0.3, -0.25) is 19.3 Å². The number of hydrogen-bond acceptors (Lipinski definition) is 4. The van der Waals surface area contributed by atoms with Gasteiger partial charge in [-0.1, -0.05) is 18.2 Å². The van der Waals surface area contributed by atoms with Gasteiger partial charge in [0.15, 0.2) is 0 Å². The molecule has 0 aliphatic carbocycles. The van der Waals surface area contributed by atoms with E-state index in [1.807, 2.05) is 35.2 Å². The number of nitrogens with zero attached hydrogens (tertiary/aromatic N) is 4. The summed E-state index contributed by atoms with van der Waals surface area (Å²) in [6.45, 7) is 1.14. The van der Waals surface area contributed by atoms with Crippen molar-refractivity contribution in [2.45, 2.75) is 25.3 Å². The van der Waals surface area contributed by atoms with E-state index in [9.17, 15) is 9.59 Å². The summed E-state index contributed by atoms with van der Waals surface area (Å²) in [5, 5.41) is 14.1. The number of para-hydroxylation sites is 1. The molecule has 0 saturated carbocycles. The van der Waals surface area contributed by atoms with Crippen LogP contribution in [0.25, 0.3) is 10.9 Å². The van der Waals surface area contributed by atoms with Crippen LogP contribution in [-0.4, -0.2) is 49.7 Å². The second kappa shape index (κ2) is 7.19. The Morgan fingerprint density at radius 1 is 1.19 bits per heavy atom. The van der Waals surface area contributed by atoms with Gasteiger partial charge in [-0.25, -0.2) is 0 Å². The van der Waals surface area contributed by atoms with Gasteiger partial charge in [0.25, 0.3) is 5.91 Å². The van der Waals surface area contributed by atoms with Crippen LogP contribution in [0.15, 0.2) is 48.8 Å². The standard InChI is InChI=1S/C20H20N4O3/c25-19(26)13-24-11-8-17(22-24)14-4-3-10-23(12-14)20(27)16-7-9-21-18-6-2-1-5-15(16)18/h1-2,5-9,11,14H,3-4,10,12-13H2,(H,25,26)/t14-/m1/s1. The molecule has 1 aromatic carbocycles. The van der Waals surface area contributed by atoms with Crippen molar-refractivity contribution >= 4 is 22.8 Å². The maximum absolute atomic E-state index is 13.1. The molecule has 1 N–H and O–H groups in total. The maximum Gasteiger partial charge on any atom is 0.325 e. The molecule has 1 amide bonds. The lowest BCUT2D eigenvalue weighted by Crippen LogP contribution is -2.39. The molecular formula is C20H20N4O3. The molecule has 4 rings (SSSR count). The molecule has 2 aromatic heterocycles. The van der Waals surface area contributed by atoms with Crippen molar-refractivity contribution in [3.05, 3.63) is 60.0 Å². The van der Waals surface area contributed by atoms with E-state index in [2.05, 4.69) is 10.1 Å². The van der Waals surface area contributed by atoms with E-state index >= 15 is 0 Å². The molecular weight excluding hydrogens is 344 g/mol. The molecule has 3 aromatic rings. The van der Waals surface area contributed by atoms with E-state index in [4.69, 9.17) is 5.11 Å². The monoisotopic (exact) mass is 364 g/mol. The average molecular weight is 364 g/mol. The first-order chi connectivity index (χ1) is 13.1. The maximum atomic E-state index is 13.1. The van der Waals surface area contributed by atoms with Crippen molar-refractivity contribution in [2.75, 3.05) is 13.1 Å². The molecule has 3 heterocycles. The Kier molecular flexibility index (Phi) is 4.58. The van der Waals surface area contributed by atoms with E-state index in [-0.39, 0.29) is 18.4 Å². The number of aliphatic carboxylic acids is 1. The first kappa shape index (κ1) is 17.2. The van der Waals surface area contributed by atoms with Crippen LogP contribution in [0.2, 0.25) is 0 Å². The van der Waals surface area contributed by atoms with Gasteiger partial charge in [0.1, 0.15) is 6.54 Å².